The third kappa shape index (κ3) is 3.15. The predicted octanol–water partition coefficient (Wildman–Crippen LogP) is 1.47. The van der Waals surface area contributed by atoms with Gasteiger partial charge in [-0.15, -0.1) is 0 Å². The highest BCUT2D eigenvalue weighted by Crippen LogP contribution is 2.24. The third-order valence-corrected chi connectivity index (χ3v) is 4.55. The summed E-state index contributed by atoms with van der Waals surface area (Å²) in [5.41, 5.74) is 6.78. The fourth-order valence-corrected chi connectivity index (χ4v) is 3.31. The maximum atomic E-state index is 12.6. The molecule has 0 saturated carbocycles. The van der Waals surface area contributed by atoms with E-state index in [-0.39, 0.29) is 5.91 Å². The molecule has 0 spiro atoms. The molecule has 3 rings (SSSR count). The number of carbonyl (C=O) groups is 1. The second-order valence-corrected chi connectivity index (χ2v) is 5.99. The normalized spacial score (nSPS) is 23.5. The number of nitrogen functional groups attached to an aromatic ring is 1. The molecule has 114 valence electrons. The van der Waals surface area contributed by atoms with E-state index in [0.717, 1.165) is 45.8 Å². The van der Waals surface area contributed by atoms with E-state index in [1.54, 1.807) is 18.2 Å². The first kappa shape index (κ1) is 14.6. The number of morpholine rings is 1. The zero-order valence-corrected chi connectivity index (χ0v) is 12.7. The van der Waals surface area contributed by atoms with Gasteiger partial charge < -0.3 is 15.4 Å². The van der Waals surface area contributed by atoms with Gasteiger partial charge in [0.25, 0.3) is 5.91 Å². The number of ether oxygens (including phenoxy) is 1. The molecule has 2 N–H and O–H groups in total. The Labute approximate surface area is 129 Å². The highest BCUT2D eigenvalue weighted by Gasteiger charge is 2.32. The van der Waals surface area contributed by atoms with Crippen LogP contribution in [0.2, 0.25) is 5.02 Å². The van der Waals surface area contributed by atoms with Crippen molar-refractivity contribution in [1.29, 1.82) is 0 Å². The third-order valence-electron chi connectivity index (χ3n) is 4.24. The standard InChI is InChI=1S/C15H20ClN3O2/c16-14-9-11(17)1-2-13(14)15(20)19-4-3-12(10-19)18-5-7-21-8-6-18/h1-2,9,12H,3-8,10,17H2. The van der Waals surface area contributed by atoms with E-state index in [2.05, 4.69) is 4.90 Å². The summed E-state index contributed by atoms with van der Waals surface area (Å²) in [6, 6.07) is 5.49. The average molecular weight is 310 g/mol. The van der Waals surface area contributed by atoms with Gasteiger partial charge in [0.2, 0.25) is 0 Å². The maximum Gasteiger partial charge on any atom is 0.255 e. The summed E-state index contributed by atoms with van der Waals surface area (Å²) in [7, 11) is 0. The Morgan fingerprint density at radius 2 is 2.05 bits per heavy atom. The summed E-state index contributed by atoms with van der Waals surface area (Å²) in [5, 5.41) is 0.426. The van der Waals surface area contributed by atoms with Crippen molar-refractivity contribution < 1.29 is 9.53 Å². The Kier molecular flexibility index (Phi) is 4.33. The number of amides is 1. The number of likely N-dealkylation sites (tertiary alicyclic amines) is 1. The molecule has 0 bridgehead atoms. The first-order valence-corrected chi connectivity index (χ1v) is 7.69. The van der Waals surface area contributed by atoms with Crippen molar-refractivity contribution >= 4 is 23.2 Å². The van der Waals surface area contributed by atoms with Crippen LogP contribution >= 0.6 is 11.6 Å². The summed E-state index contributed by atoms with van der Waals surface area (Å²) in [6.07, 6.45) is 1.01. The molecule has 1 amide bonds. The van der Waals surface area contributed by atoms with Gasteiger partial charge in [0.15, 0.2) is 0 Å². The van der Waals surface area contributed by atoms with Gasteiger partial charge in [-0.1, -0.05) is 11.6 Å². The van der Waals surface area contributed by atoms with Gasteiger partial charge in [-0.3, -0.25) is 9.69 Å². The fourth-order valence-electron chi connectivity index (χ4n) is 3.04. The van der Waals surface area contributed by atoms with E-state index in [1.165, 1.54) is 0 Å². The summed E-state index contributed by atoms with van der Waals surface area (Å²) in [4.78, 5) is 16.9. The van der Waals surface area contributed by atoms with Gasteiger partial charge in [0, 0.05) is 37.9 Å². The van der Waals surface area contributed by atoms with E-state index in [1.807, 2.05) is 4.90 Å². The number of nitrogens with zero attached hydrogens (tertiary/aromatic N) is 2. The lowest BCUT2D eigenvalue weighted by Crippen LogP contribution is -2.45. The lowest BCUT2D eigenvalue weighted by molar-refractivity contribution is 0.0185. The molecule has 0 radical (unpaired) electrons. The van der Waals surface area contributed by atoms with E-state index in [9.17, 15) is 4.79 Å². The van der Waals surface area contributed by atoms with Gasteiger partial charge in [0.05, 0.1) is 23.8 Å². The highest BCUT2D eigenvalue weighted by atomic mass is 35.5. The summed E-state index contributed by atoms with van der Waals surface area (Å²) in [6.45, 7) is 5.02. The van der Waals surface area contributed by atoms with Crippen molar-refractivity contribution in [1.82, 2.24) is 9.80 Å². The van der Waals surface area contributed by atoms with Gasteiger partial charge >= 0.3 is 0 Å². The SMILES string of the molecule is Nc1ccc(C(=O)N2CCC(N3CCOCC3)C2)c(Cl)c1. The molecule has 1 unspecified atom stereocenters. The second-order valence-electron chi connectivity index (χ2n) is 5.58. The largest absolute Gasteiger partial charge is 0.399 e. The molecule has 2 aliphatic rings. The second kappa shape index (κ2) is 6.22. The number of hydrogen-bond acceptors (Lipinski definition) is 4. The molecule has 2 heterocycles. The Morgan fingerprint density at radius 1 is 1.29 bits per heavy atom. The minimum absolute atomic E-state index is 0.00393. The number of halogens is 1. The zero-order chi connectivity index (χ0) is 14.8. The minimum atomic E-state index is -0.00393. The molecule has 2 saturated heterocycles. The summed E-state index contributed by atoms with van der Waals surface area (Å²) in [5.74, 6) is -0.00393. The van der Waals surface area contributed by atoms with Crippen LogP contribution in [-0.4, -0.2) is 61.1 Å². The first-order chi connectivity index (χ1) is 10.1. The molecular formula is C15H20ClN3O2. The Balaban J connectivity index is 1.66. The van der Waals surface area contributed by atoms with Gasteiger partial charge in [-0.05, 0) is 24.6 Å². The number of carbonyl (C=O) groups excluding carboxylic acids is 1. The number of anilines is 1. The van der Waals surface area contributed by atoms with E-state index < -0.39 is 0 Å². The first-order valence-electron chi connectivity index (χ1n) is 7.31. The monoisotopic (exact) mass is 309 g/mol. The van der Waals surface area contributed by atoms with Crippen molar-refractivity contribution in [3.8, 4) is 0 Å². The number of rotatable bonds is 2. The quantitative estimate of drug-likeness (QED) is 0.841. The Morgan fingerprint density at radius 3 is 2.76 bits per heavy atom. The van der Waals surface area contributed by atoms with Crippen molar-refractivity contribution in [3.63, 3.8) is 0 Å². The van der Waals surface area contributed by atoms with Crippen molar-refractivity contribution in [3.05, 3.63) is 28.8 Å². The molecule has 0 aliphatic carbocycles. The van der Waals surface area contributed by atoms with Gasteiger partial charge in [0.1, 0.15) is 0 Å². The van der Waals surface area contributed by atoms with Crippen molar-refractivity contribution in [2.45, 2.75) is 12.5 Å². The van der Waals surface area contributed by atoms with Crippen LogP contribution in [0.25, 0.3) is 0 Å². The summed E-state index contributed by atoms with van der Waals surface area (Å²) >= 11 is 6.13. The fraction of sp³-hybridized carbons (Fsp3) is 0.533. The number of nitrogens with two attached hydrogens (primary N) is 1. The van der Waals surface area contributed by atoms with E-state index in [4.69, 9.17) is 22.1 Å². The van der Waals surface area contributed by atoms with Crippen LogP contribution in [0.1, 0.15) is 16.8 Å². The topological polar surface area (TPSA) is 58.8 Å². The average Bonchev–Trinajstić information content (AvgIpc) is 2.97. The van der Waals surface area contributed by atoms with Crippen LogP contribution in [0, 0.1) is 0 Å². The van der Waals surface area contributed by atoms with Crippen LogP contribution < -0.4 is 5.73 Å². The van der Waals surface area contributed by atoms with Crippen molar-refractivity contribution in [2.24, 2.45) is 0 Å². The van der Waals surface area contributed by atoms with Crippen LogP contribution in [0.5, 0.6) is 0 Å². The van der Waals surface area contributed by atoms with Crippen LogP contribution in [0.3, 0.4) is 0 Å². The molecule has 1 aromatic carbocycles. The molecule has 21 heavy (non-hydrogen) atoms. The lowest BCUT2D eigenvalue weighted by Gasteiger charge is -2.32. The molecule has 2 fully saturated rings. The lowest BCUT2D eigenvalue weighted by atomic mass is 10.2. The van der Waals surface area contributed by atoms with Gasteiger partial charge in [-0.2, -0.15) is 0 Å². The van der Waals surface area contributed by atoms with E-state index >= 15 is 0 Å². The maximum absolute atomic E-state index is 12.6. The molecule has 6 heteroatoms. The zero-order valence-electron chi connectivity index (χ0n) is 11.9. The molecule has 5 nitrogen and oxygen atoms in total. The molecule has 1 aromatic rings. The van der Waals surface area contributed by atoms with Crippen LogP contribution in [0.15, 0.2) is 18.2 Å². The predicted molar refractivity (Wildman–Crippen MR) is 82.6 cm³/mol. The van der Waals surface area contributed by atoms with Crippen LogP contribution in [0.4, 0.5) is 5.69 Å². The number of benzene rings is 1. The Hall–Kier alpha value is -1.30. The molecule has 0 aromatic heterocycles. The molecular weight excluding hydrogens is 290 g/mol. The van der Waals surface area contributed by atoms with Crippen molar-refractivity contribution in [2.75, 3.05) is 45.1 Å². The van der Waals surface area contributed by atoms with E-state index in [0.29, 0.717) is 22.3 Å². The number of hydrogen-bond donors (Lipinski definition) is 1. The molecule has 1 atom stereocenters. The smallest absolute Gasteiger partial charge is 0.255 e. The Bertz CT molecular complexity index is 532. The summed E-state index contributed by atoms with van der Waals surface area (Å²) < 4.78 is 5.38. The van der Waals surface area contributed by atoms with Gasteiger partial charge in [-0.25, -0.2) is 0 Å². The van der Waals surface area contributed by atoms with Crippen LogP contribution in [-0.2, 0) is 4.74 Å². The highest BCUT2D eigenvalue weighted by molar-refractivity contribution is 6.34. The molecule has 2 aliphatic heterocycles. The minimum Gasteiger partial charge on any atom is -0.399 e.